The number of nitrogens with one attached hydrogen (secondary N) is 1. The van der Waals surface area contributed by atoms with E-state index in [1.165, 1.54) is 11.6 Å². The predicted octanol–water partition coefficient (Wildman–Crippen LogP) is 4.47. The summed E-state index contributed by atoms with van der Waals surface area (Å²) in [7, 11) is 0. The average Bonchev–Trinajstić information content (AvgIpc) is 2.29. The fraction of sp³-hybridized carbons (Fsp3) is 0.467. The van der Waals surface area contributed by atoms with E-state index in [-0.39, 0.29) is 5.82 Å². The van der Waals surface area contributed by atoms with Crippen LogP contribution < -0.4 is 5.32 Å². The third-order valence-electron chi connectivity index (χ3n) is 2.67. The third-order valence-corrected chi connectivity index (χ3v) is 3.16. The van der Waals surface area contributed by atoms with Crippen molar-refractivity contribution in [2.75, 3.05) is 6.54 Å². The minimum atomic E-state index is -0.133. The van der Waals surface area contributed by atoms with Crippen molar-refractivity contribution in [1.82, 2.24) is 5.32 Å². The molecule has 1 aromatic carbocycles. The van der Waals surface area contributed by atoms with Crippen LogP contribution in [-0.4, -0.2) is 12.6 Å². The molecular formula is C15H21BrFN. The van der Waals surface area contributed by atoms with Crippen LogP contribution in [0.4, 0.5) is 4.39 Å². The Bertz CT molecular complexity index is 413. The van der Waals surface area contributed by atoms with Crippen LogP contribution in [0.2, 0.25) is 0 Å². The standard InChI is InChI=1S/C15H21BrFN/c1-11(2)18-8-4-5-12(3)9-13-10-14(16)6-7-15(13)17/h5-7,10-11,18H,4,8-9H2,1-3H3. The van der Waals surface area contributed by atoms with Gasteiger partial charge in [-0.1, -0.05) is 41.4 Å². The van der Waals surface area contributed by atoms with Gasteiger partial charge < -0.3 is 5.32 Å². The maximum Gasteiger partial charge on any atom is 0.126 e. The fourth-order valence-electron chi connectivity index (χ4n) is 1.74. The van der Waals surface area contributed by atoms with E-state index in [2.05, 4.69) is 48.1 Å². The van der Waals surface area contributed by atoms with E-state index in [4.69, 9.17) is 0 Å². The first-order chi connectivity index (χ1) is 8.49. The third kappa shape index (κ3) is 5.78. The van der Waals surface area contributed by atoms with Crippen molar-refractivity contribution in [2.45, 2.75) is 39.7 Å². The van der Waals surface area contributed by atoms with E-state index in [1.807, 2.05) is 6.07 Å². The molecule has 0 aromatic heterocycles. The molecule has 18 heavy (non-hydrogen) atoms. The van der Waals surface area contributed by atoms with Gasteiger partial charge in [0.2, 0.25) is 0 Å². The molecule has 0 fully saturated rings. The molecule has 1 rings (SSSR count). The van der Waals surface area contributed by atoms with Gasteiger partial charge in [-0.2, -0.15) is 0 Å². The quantitative estimate of drug-likeness (QED) is 0.603. The van der Waals surface area contributed by atoms with Gasteiger partial charge in [-0.05, 0) is 50.1 Å². The van der Waals surface area contributed by atoms with Crippen LogP contribution in [0.15, 0.2) is 34.3 Å². The number of rotatable bonds is 6. The second kappa shape index (κ2) is 7.70. The van der Waals surface area contributed by atoms with Crippen molar-refractivity contribution in [2.24, 2.45) is 0 Å². The van der Waals surface area contributed by atoms with Crippen molar-refractivity contribution in [3.63, 3.8) is 0 Å². The van der Waals surface area contributed by atoms with Gasteiger partial charge >= 0.3 is 0 Å². The van der Waals surface area contributed by atoms with Gasteiger partial charge in [0.05, 0.1) is 0 Å². The molecule has 1 aromatic rings. The van der Waals surface area contributed by atoms with Crippen molar-refractivity contribution in [3.05, 3.63) is 45.7 Å². The molecule has 0 saturated heterocycles. The molecule has 0 saturated carbocycles. The highest BCUT2D eigenvalue weighted by Gasteiger charge is 2.03. The Morgan fingerprint density at radius 1 is 1.44 bits per heavy atom. The van der Waals surface area contributed by atoms with Gasteiger partial charge in [-0.25, -0.2) is 4.39 Å². The minimum Gasteiger partial charge on any atom is -0.314 e. The normalized spacial score (nSPS) is 12.2. The maximum atomic E-state index is 13.6. The van der Waals surface area contributed by atoms with Crippen molar-refractivity contribution in [1.29, 1.82) is 0 Å². The molecule has 0 radical (unpaired) electrons. The van der Waals surface area contributed by atoms with Gasteiger partial charge in [0.15, 0.2) is 0 Å². The van der Waals surface area contributed by atoms with Crippen LogP contribution in [0, 0.1) is 5.82 Å². The number of allylic oxidation sites excluding steroid dienone is 1. The second-order valence-corrected chi connectivity index (χ2v) is 5.78. The summed E-state index contributed by atoms with van der Waals surface area (Å²) < 4.78 is 14.5. The summed E-state index contributed by atoms with van der Waals surface area (Å²) in [6.45, 7) is 7.28. The van der Waals surface area contributed by atoms with Crippen LogP contribution in [0.3, 0.4) is 0 Å². The molecule has 0 spiro atoms. The van der Waals surface area contributed by atoms with Gasteiger partial charge in [-0.3, -0.25) is 0 Å². The van der Waals surface area contributed by atoms with E-state index >= 15 is 0 Å². The molecule has 1 N–H and O–H groups in total. The largest absolute Gasteiger partial charge is 0.314 e. The Hall–Kier alpha value is -0.670. The Morgan fingerprint density at radius 2 is 2.17 bits per heavy atom. The molecule has 0 unspecified atom stereocenters. The molecule has 0 amide bonds. The number of benzene rings is 1. The molecule has 0 aliphatic heterocycles. The lowest BCUT2D eigenvalue weighted by molar-refractivity contribution is 0.593. The summed E-state index contributed by atoms with van der Waals surface area (Å²) in [6.07, 6.45) is 3.84. The van der Waals surface area contributed by atoms with E-state index in [9.17, 15) is 4.39 Å². The van der Waals surface area contributed by atoms with E-state index in [0.717, 1.165) is 23.0 Å². The zero-order valence-electron chi connectivity index (χ0n) is 11.3. The molecule has 3 heteroatoms. The zero-order chi connectivity index (χ0) is 13.5. The first-order valence-electron chi connectivity index (χ1n) is 6.32. The van der Waals surface area contributed by atoms with Crippen molar-refractivity contribution in [3.8, 4) is 0 Å². The Labute approximate surface area is 118 Å². The highest BCUT2D eigenvalue weighted by atomic mass is 79.9. The van der Waals surface area contributed by atoms with E-state index in [1.54, 1.807) is 6.07 Å². The molecule has 0 aliphatic carbocycles. The summed E-state index contributed by atoms with van der Waals surface area (Å²) in [4.78, 5) is 0. The van der Waals surface area contributed by atoms with Crippen molar-refractivity contribution >= 4 is 15.9 Å². The fourth-order valence-corrected chi connectivity index (χ4v) is 2.15. The van der Waals surface area contributed by atoms with E-state index < -0.39 is 0 Å². The van der Waals surface area contributed by atoms with Crippen LogP contribution in [0.1, 0.15) is 32.8 Å². The van der Waals surface area contributed by atoms with Gasteiger partial charge in [-0.15, -0.1) is 0 Å². The predicted molar refractivity (Wildman–Crippen MR) is 79.3 cm³/mol. The molecule has 0 heterocycles. The lowest BCUT2D eigenvalue weighted by Crippen LogP contribution is -2.23. The molecular weight excluding hydrogens is 293 g/mol. The van der Waals surface area contributed by atoms with Crippen molar-refractivity contribution < 1.29 is 4.39 Å². The summed E-state index contributed by atoms with van der Waals surface area (Å²) in [6, 6.07) is 5.59. The van der Waals surface area contributed by atoms with E-state index in [0.29, 0.717) is 12.5 Å². The Balaban J connectivity index is 2.50. The molecule has 1 nitrogen and oxygen atoms in total. The molecule has 0 bridgehead atoms. The van der Waals surface area contributed by atoms with Gasteiger partial charge in [0.1, 0.15) is 5.82 Å². The first kappa shape index (κ1) is 15.4. The Morgan fingerprint density at radius 3 is 2.83 bits per heavy atom. The summed E-state index contributed by atoms with van der Waals surface area (Å²) in [5, 5.41) is 3.36. The lowest BCUT2D eigenvalue weighted by atomic mass is 10.1. The Kier molecular flexibility index (Phi) is 6.58. The van der Waals surface area contributed by atoms with Gasteiger partial charge in [0, 0.05) is 10.5 Å². The summed E-state index contributed by atoms with van der Waals surface area (Å²) in [5.74, 6) is -0.133. The van der Waals surface area contributed by atoms with Crippen LogP contribution >= 0.6 is 15.9 Å². The zero-order valence-corrected chi connectivity index (χ0v) is 12.8. The number of hydrogen-bond donors (Lipinski definition) is 1. The molecule has 100 valence electrons. The monoisotopic (exact) mass is 313 g/mol. The minimum absolute atomic E-state index is 0.133. The molecule has 0 atom stereocenters. The van der Waals surface area contributed by atoms with Crippen LogP contribution in [-0.2, 0) is 6.42 Å². The lowest BCUT2D eigenvalue weighted by Gasteiger charge is -2.07. The topological polar surface area (TPSA) is 12.0 Å². The van der Waals surface area contributed by atoms with Crippen LogP contribution in [0.25, 0.3) is 0 Å². The highest BCUT2D eigenvalue weighted by Crippen LogP contribution is 2.18. The maximum absolute atomic E-state index is 13.6. The average molecular weight is 314 g/mol. The van der Waals surface area contributed by atoms with Gasteiger partial charge in [0.25, 0.3) is 0 Å². The number of hydrogen-bond acceptors (Lipinski definition) is 1. The molecule has 0 aliphatic rings. The SMILES string of the molecule is CC(=CCCNC(C)C)Cc1cc(Br)ccc1F. The highest BCUT2D eigenvalue weighted by molar-refractivity contribution is 9.10. The second-order valence-electron chi connectivity index (χ2n) is 4.86. The first-order valence-corrected chi connectivity index (χ1v) is 7.11. The summed E-state index contributed by atoms with van der Waals surface area (Å²) in [5.41, 5.74) is 1.95. The summed E-state index contributed by atoms with van der Waals surface area (Å²) >= 11 is 3.37. The van der Waals surface area contributed by atoms with Crippen LogP contribution in [0.5, 0.6) is 0 Å². The number of halogens is 2. The smallest absolute Gasteiger partial charge is 0.126 e.